The summed E-state index contributed by atoms with van der Waals surface area (Å²) in [6, 6.07) is 35.1. The molecular weight excluding hydrogens is 661 g/mol. The second-order valence-corrected chi connectivity index (χ2v) is 14.8. The quantitative estimate of drug-likeness (QED) is 0.169. The van der Waals surface area contributed by atoms with Gasteiger partial charge in [0.05, 0.1) is 17.6 Å². The molecule has 0 bridgehead atoms. The van der Waals surface area contributed by atoms with Gasteiger partial charge in [0.1, 0.15) is 6.61 Å². The van der Waals surface area contributed by atoms with E-state index in [0.717, 1.165) is 72.1 Å². The van der Waals surface area contributed by atoms with E-state index in [-0.39, 0.29) is 5.92 Å². The van der Waals surface area contributed by atoms with Gasteiger partial charge in [-0.2, -0.15) is 0 Å². The Bertz CT molecular complexity index is 2420. The second kappa shape index (κ2) is 14.0. The summed E-state index contributed by atoms with van der Waals surface area (Å²) in [7, 11) is 0. The molecule has 5 aliphatic rings. The number of aromatic nitrogens is 1. The number of nitrogens with zero attached hydrogens (tertiary/aromatic N) is 2. The van der Waals surface area contributed by atoms with Crippen molar-refractivity contribution in [1.29, 1.82) is 0 Å². The molecule has 3 atom stereocenters. The number of aryl methyl sites for hydroxylation is 1. The molecule has 0 fully saturated rings. The highest BCUT2D eigenvalue weighted by molar-refractivity contribution is 5.85. The zero-order chi connectivity index (χ0) is 35.8. The highest BCUT2D eigenvalue weighted by atomic mass is 16.5. The van der Waals surface area contributed by atoms with Gasteiger partial charge in [0.15, 0.2) is 5.76 Å². The molecule has 0 saturated carbocycles. The van der Waals surface area contributed by atoms with Crippen LogP contribution in [-0.2, 0) is 17.8 Å². The maximum absolute atomic E-state index is 6.67. The van der Waals surface area contributed by atoms with Gasteiger partial charge in [0, 0.05) is 45.5 Å². The molecule has 0 spiro atoms. The Morgan fingerprint density at radius 1 is 0.759 bits per heavy atom. The van der Waals surface area contributed by atoms with E-state index in [9.17, 15) is 0 Å². The van der Waals surface area contributed by atoms with E-state index >= 15 is 0 Å². The Morgan fingerprint density at radius 2 is 1.59 bits per heavy atom. The second-order valence-electron chi connectivity index (χ2n) is 14.8. The van der Waals surface area contributed by atoms with Crippen LogP contribution in [0.2, 0.25) is 0 Å². The highest BCUT2D eigenvalue weighted by Crippen LogP contribution is 2.50. The predicted molar refractivity (Wildman–Crippen MR) is 220 cm³/mol. The van der Waals surface area contributed by atoms with Crippen LogP contribution in [0.15, 0.2) is 162 Å². The summed E-state index contributed by atoms with van der Waals surface area (Å²) in [5, 5.41) is 0. The first-order valence-corrected chi connectivity index (χ1v) is 19.4. The van der Waals surface area contributed by atoms with Crippen LogP contribution >= 0.6 is 0 Å². The van der Waals surface area contributed by atoms with Gasteiger partial charge in [-0.3, -0.25) is 0 Å². The van der Waals surface area contributed by atoms with E-state index in [4.69, 9.17) is 14.1 Å². The molecule has 4 nitrogen and oxygen atoms in total. The summed E-state index contributed by atoms with van der Waals surface area (Å²) in [5.74, 6) is 2.57. The number of ether oxygens (including phenoxy) is 1. The van der Waals surface area contributed by atoms with E-state index in [2.05, 4.69) is 163 Å². The number of hydrogen-bond donors (Lipinski definition) is 0. The predicted octanol–water partition coefficient (Wildman–Crippen LogP) is 12.8. The first-order chi connectivity index (χ1) is 26.8. The van der Waals surface area contributed by atoms with E-state index in [1.807, 2.05) is 6.26 Å². The third kappa shape index (κ3) is 5.92. The molecule has 5 aromatic rings. The highest BCUT2D eigenvalue weighted by Gasteiger charge is 2.37. The molecule has 0 radical (unpaired) electrons. The van der Waals surface area contributed by atoms with Crippen molar-refractivity contribution in [3.63, 3.8) is 0 Å². The Balaban J connectivity index is 0.967. The number of allylic oxidation sites excluding steroid dienone is 12. The number of anilines is 3. The summed E-state index contributed by atoms with van der Waals surface area (Å²) in [6.07, 6.45) is 29.3. The average molecular weight is 703 g/mol. The van der Waals surface area contributed by atoms with Crippen molar-refractivity contribution in [3.05, 3.63) is 203 Å². The summed E-state index contributed by atoms with van der Waals surface area (Å²) >= 11 is 0. The minimum atomic E-state index is 0.201. The van der Waals surface area contributed by atoms with Gasteiger partial charge in [-0.15, -0.1) is 0 Å². The average Bonchev–Trinajstić information content (AvgIpc) is 3.70. The smallest absolute Gasteiger partial charge is 0.226 e. The lowest BCUT2D eigenvalue weighted by molar-refractivity contribution is 0.233. The first-order valence-electron chi connectivity index (χ1n) is 19.4. The Morgan fingerprint density at radius 3 is 2.39 bits per heavy atom. The van der Waals surface area contributed by atoms with Crippen molar-refractivity contribution in [2.24, 2.45) is 5.92 Å². The summed E-state index contributed by atoms with van der Waals surface area (Å²) in [6.45, 7) is 0.538. The number of benzene rings is 4. The van der Waals surface area contributed by atoms with Crippen molar-refractivity contribution in [2.75, 3.05) is 4.90 Å². The summed E-state index contributed by atoms with van der Waals surface area (Å²) in [4.78, 5) is 7.45. The number of rotatable bonds is 7. The molecule has 54 heavy (non-hydrogen) atoms. The SMILES string of the molecule is C1=CCCC(c2ccc(N(c3ccccc3)c3ccc(C4C=CC=C5c6oc(C7=CCC(c8ccccc8)C=C7)nc6CCC54)c4c3C=COC4)cc2)=C1. The molecule has 1 aromatic heterocycles. The van der Waals surface area contributed by atoms with Crippen LogP contribution < -0.4 is 4.90 Å². The number of oxazole rings is 1. The molecule has 0 amide bonds. The van der Waals surface area contributed by atoms with Crippen LogP contribution in [-0.4, -0.2) is 4.98 Å². The van der Waals surface area contributed by atoms with Gasteiger partial charge in [0.25, 0.3) is 0 Å². The van der Waals surface area contributed by atoms with Crippen LogP contribution in [0.5, 0.6) is 0 Å². The Labute approximate surface area is 317 Å². The first kappa shape index (κ1) is 32.5. The molecule has 1 aliphatic heterocycles. The molecule has 4 aromatic carbocycles. The number of fused-ring (bicyclic) bond motifs is 4. The molecule has 4 aliphatic carbocycles. The number of para-hydroxylation sites is 1. The third-order valence-electron chi connectivity index (χ3n) is 11.7. The normalized spacial score (nSPS) is 20.9. The van der Waals surface area contributed by atoms with Crippen molar-refractivity contribution < 1.29 is 9.15 Å². The maximum Gasteiger partial charge on any atom is 0.226 e. The molecule has 2 heterocycles. The fourth-order valence-corrected chi connectivity index (χ4v) is 8.96. The monoisotopic (exact) mass is 702 g/mol. The van der Waals surface area contributed by atoms with E-state index in [1.54, 1.807) is 0 Å². The largest absolute Gasteiger partial charge is 0.496 e. The zero-order valence-corrected chi connectivity index (χ0v) is 30.3. The van der Waals surface area contributed by atoms with Gasteiger partial charge in [-0.05, 0) is 96.7 Å². The third-order valence-corrected chi connectivity index (χ3v) is 11.7. The van der Waals surface area contributed by atoms with E-state index in [1.165, 1.54) is 39.0 Å². The Hall–Kier alpha value is -6.13. The van der Waals surface area contributed by atoms with Crippen molar-refractivity contribution in [1.82, 2.24) is 4.98 Å². The van der Waals surface area contributed by atoms with Crippen molar-refractivity contribution in [2.45, 2.75) is 50.5 Å². The van der Waals surface area contributed by atoms with Gasteiger partial charge >= 0.3 is 0 Å². The fourth-order valence-electron chi connectivity index (χ4n) is 8.96. The topological polar surface area (TPSA) is 38.5 Å². The molecule has 3 unspecified atom stereocenters. The van der Waals surface area contributed by atoms with Gasteiger partial charge < -0.3 is 14.1 Å². The Kier molecular flexibility index (Phi) is 8.44. The number of hydrogen-bond acceptors (Lipinski definition) is 4. The van der Waals surface area contributed by atoms with E-state index < -0.39 is 0 Å². The molecule has 10 rings (SSSR count). The standard InChI is InChI=1S/C50H42N2O2/c1-4-11-34(12-5-1)36-19-21-38(22-20-36)50-51-47-29-27-42-41(17-10-18-45(42)49(47)54-50)43-28-30-48(44-31-32-53-33-46(43)44)52(39-15-8-3-9-16-39)40-25-23-37(24-26-40)35-13-6-2-7-14-35/h1-6,8-13,15-19,21-26,28,30-32,36,41-42H,7,14,20,27,29,33H2. The fraction of sp³-hybridized carbons (Fsp3) is 0.180. The van der Waals surface area contributed by atoms with Crippen LogP contribution in [0.4, 0.5) is 17.1 Å². The van der Waals surface area contributed by atoms with Crippen LogP contribution in [0.1, 0.15) is 82.7 Å². The van der Waals surface area contributed by atoms with Gasteiger partial charge in [-0.1, -0.05) is 121 Å². The lowest BCUT2D eigenvalue weighted by atomic mass is 9.70. The van der Waals surface area contributed by atoms with E-state index in [0.29, 0.717) is 18.4 Å². The molecule has 4 heteroatoms. The van der Waals surface area contributed by atoms with Crippen molar-refractivity contribution >= 4 is 39.9 Å². The molecule has 0 saturated heterocycles. The van der Waals surface area contributed by atoms with Crippen LogP contribution in [0.25, 0.3) is 22.8 Å². The van der Waals surface area contributed by atoms with Crippen molar-refractivity contribution in [3.8, 4) is 0 Å². The maximum atomic E-state index is 6.67. The van der Waals surface area contributed by atoms with Crippen LogP contribution in [0.3, 0.4) is 0 Å². The summed E-state index contributed by atoms with van der Waals surface area (Å²) in [5.41, 5.74) is 14.6. The van der Waals surface area contributed by atoms with Crippen LogP contribution in [0, 0.1) is 5.92 Å². The molecule has 0 N–H and O–H groups in total. The lowest BCUT2D eigenvalue weighted by Crippen LogP contribution is -2.23. The minimum absolute atomic E-state index is 0.201. The zero-order valence-electron chi connectivity index (χ0n) is 30.3. The molecule has 264 valence electrons. The molecular formula is C50H42N2O2. The summed E-state index contributed by atoms with van der Waals surface area (Å²) < 4.78 is 12.7. The van der Waals surface area contributed by atoms with Gasteiger partial charge in [0.2, 0.25) is 5.89 Å². The lowest BCUT2D eigenvalue weighted by Gasteiger charge is -2.35. The van der Waals surface area contributed by atoms with Gasteiger partial charge in [-0.25, -0.2) is 4.98 Å². The minimum Gasteiger partial charge on any atom is -0.496 e.